The van der Waals surface area contributed by atoms with Crippen molar-refractivity contribution in [2.75, 3.05) is 25.0 Å². The first-order chi connectivity index (χ1) is 16.0. The van der Waals surface area contributed by atoms with E-state index in [-0.39, 0.29) is 29.5 Å². The third-order valence-electron chi connectivity index (χ3n) is 6.65. The van der Waals surface area contributed by atoms with Gasteiger partial charge >= 0.3 is 5.97 Å². The Morgan fingerprint density at radius 2 is 1.79 bits per heavy atom. The number of nitrogens with one attached hydrogen (secondary N) is 1. The molecule has 34 heavy (non-hydrogen) atoms. The van der Waals surface area contributed by atoms with Gasteiger partial charge in [0.1, 0.15) is 10.5 Å². The van der Waals surface area contributed by atoms with Crippen molar-refractivity contribution in [1.29, 1.82) is 0 Å². The number of hydrogen-bond acceptors (Lipinski definition) is 5. The molecule has 2 heterocycles. The summed E-state index contributed by atoms with van der Waals surface area (Å²) in [5.41, 5.74) is 4.06. The van der Waals surface area contributed by atoms with E-state index in [2.05, 4.69) is 5.32 Å². The normalized spacial score (nSPS) is 16.9. The number of hydrogen-bond donors (Lipinski definition) is 1. The number of esters is 1. The van der Waals surface area contributed by atoms with Crippen molar-refractivity contribution in [3.63, 3.8) is 0 Å². The van der Waals surface area contributed by atoms with E-state index in [0.717, 1.165) is 11.1 Å². The summed E-state index contributed by atoms with van der Waals surface area (Å²) in [6.45, 7) is 12.1. The molecule has 3 rings (SSSR count). The van der Waals surface area contributed by atoms with Crippen LogP contribution in [0, 0.1) is 33.6 Å². The Bertz CT molecular complexity index is 1200. The minimum absolute atomic E-state index is 0.0134. The molecule has 1 saturated heterocycles. The molecule has 186 valence electrons. The lowest BCUT2D eigenvalue weighted by Gasteiger charge is -2.31. The van der Waals surface area contributed by atoms with Crippen molar-refractivity contribution < 1.29 is 22.7 Å². The second-order valence-electron chi connectivity index (χ2n) is 8.83. The molecule has 1 atom stereocenters. The van der Waals surface area contributed by atoms with Crippen LogP contribution in [0.2, 0.25) is 0 Å². The maximum absolute atomic E-state index is 13.8. The highest BCUT2D eigenvalue weighted by Gasteiger charge is 2.39. The third-order valence-corrected chi connectivity index (χ3v) is 8.68. The van der Waals surface area contributed by atoms with E-state index >= 15 is 0 Å². The van der Waals surface area contributed by atoms with Gasteiger partial charge in [0.2, 0.25) is 15.9 Å². The van der Waals surface area contributed by atoms with Gasteiger partial charge in [-0.15, -0.1) is 0 Å². The van der Waals surface area contributed by atoms with Crippen molar-refractivity contribution in [1.82, 2.24) is 8.87 Å². The fraction of sp³-hybridized carbons (Fsp3) is 0.520. The predicted molar refractivity (Wildman–Crippen MR) is 132 cm³/mol. The van der Waals surface area contributed by atoms with Gasteiger partial charge in [-0.1, -0.05) is 6.07 Å². The SMILES string of the molecule is CCOC(=O)c1c(S(=O)(=O)N2CCC[C@@H](C(=O)Nc3ccc(C)c(C)c3)C2)c(C)n(CC)c1C. The average molecular weight is 490 g/mol. The average Bonchev–Trinajstić information content (AvgIpc) is 3.06. The Hall–Kier alpha value is -2.65. The van der Waals surface area contributed by atoms with Gasteiger partial charge in [0, 0.05) is 36.7 Å². The number of carbonyl (C=O) groups excluding carboxylic acids is 2. The molecule has 1 aliphatic heterocycles. The number of sulfonamides is 1. The van der Waals surface area contributed by atoms with Crippen LogP contribution in [-0.2, 0) is 26.1 Å². The highest BCUT2D eigenvalue weighted by Crippen LogP contribution is 2.33. The zero-order valence-corrected chi connectivity index (χ0v) is 21.7. The number of aryl methyl sites for hydroxylation is 2. The Morgan fingerprint density at radius 3 is 2.41 bits per heavy atom. The van der Waals surface area contributed by atoms with Crippen LogP contribution < -0.4 is 5.32 Å². The second kappa shape index (κ2) is 10.3. The zero-order chi connectivity index (χ0) is 25.2. The number of carbonyl (C=O) groups is 2. The van der Waals surface area contributed by atoms with Crippen molar-refractivity contribution in [2.24, 2.45) is 5.92 Å². The molecule has 0 unspecified atom stereocenters. The van der Waals surface area contributed by atoms with Gasteiger partial charge in [-0.3, -0.25) is 4.79 Å². The number of anilines is 1. The van der Waals surface area contributed by atoms with E-state index in [1.807, 2.05) is 43.5 Å². The van der Waals surface area contributed by atoms with E-state index in [9.17, 15) is 18.0 Å². The maximum Gasteiger partial charge on any atom is 0.341 e. The quantitative estimate of drug-likeness (QED) is 0.594. The van der Waals surface area contributed by atoms with Crippen LogP contribution in [0.1, 0.15) is 59.6 Å². The summed E-state index contributed by atoms with van der Waals surface area (Å²) in [4.78, 5) is 25.7. The van der Waals surface area contributed by atoms with Crippen LogP contribution in [0.4, 0.5) is 5.69 Å². The van der Waals surface area contributed by atoms with E-state index in [1.54, 1.807) is 20.8 Å². The van der Waals surface area contributed by atoms with Gasteiger partial charge in [-0.2, -0.15) is 4.31 Å². The number of benzene rings is 1. The number of nitrogens with zero attached hydrogens (tertiary/aromatic N) is 2. The molecular formula is C25H35N3O5S. The van der Waals surface area contributed by atoms with Crippen LogP contribution in [0.3, 0.4) is 0 Å². The smallest absolute Gasteiger partial charge is 0.341 e. The molecule has 1 N–H and O–H groups in total. The molecule has 0 bridgehead atoms. The largest absolute Gasteiger partial charge is 0.462 e. The summed E-state index contributed by atoms with van der Waals surface area (Å²) in [5, 5.41) is 2.93. The summed E-state index contributed by atoms with van der Waals surface area (Å²) >= 11 is 0. The first-order valence-corrected chi connectivity index (χ1v) is 13.2. The molecule has 1 amide bonds. The van der Waals surface area contributed by atoms with E-state index < -0.39 is 21.9 Å². The number of amides is 1. The zero-order valence-electron chi connectivity index (χ0n) is 20.9. The van der Waals surface area contributed by atoms with Crippen LogP contribution in [0.25, 0.3) is 0 Å². The van der Waals surface area contributed by atoms with Crippen molar-refractivity contribution in [2.45, 2.75) is 65.8 Å². The van der Waals surface area contributed by atoms with Crippen molar-refractivity contribution in [3.8, 4) is 0 Å². The van der Waals surface area contributed by atoms with Gasteiger partial charge in [-0.05, 0) is 77.6 Å². The minimum atomic E-state index is -4.02. The topological polar surface area (TPSA) is 97.7 Å². The van der Waals surface area contributed by atoms with Gasteiger partial charge < -0.3 is 14.6 Å². The highest BCUT2D eigenvalue weighted by atomic mass is 32.2. The molecule has 1 aromatic heterocycles. The van der Waals surface area contributed by atoms with Crippen LogP contribution in [0.15, 0.2) is 23.1 Å². The number of piperidine rings is 1. The van der Waals surface area contributed by atoms with Gasteiger partial charge in [0.15, 0.2) is 0 Å². The first kappa shape index (κ1) is 26.0. The fourth-order valence-electron chi connectivity index (χ4n) is 4.66. The highest BCUT2D eigenvalue weighted by molar-refractivity contribution is 7.89. The fourth-order valence-corrected chi connectivity index (χ4v) is 6.63. The van der Waals surface area contributed by atoms with Crippen molar-refractivity contribution in [3.05, 3.63) is 46.3 Å². The molecule has 2 aromatic rings. The molecule has 1 aliphatic rings. The van der Waals surface area contributed by atoms with Gasteiger partial charge in [0.25, 0.3) is 0 Å². The summed E-state index contributed by atoms with van der Waals surface area (Å²) in [5.74, 6) is -1.33. The molecule has 1 aromatic carbocycles. The summed E-state index contributed by atoms with van der Waals surface area (Å²) in [6.07, 6.45) is 1.16. The molecule has 0 radical (unpaired) electrons. The molecule has 0 aliphatic carbocycles. The Labute approximate surface area is 202 Å². The lowest BCUT2D eigenvalue weighted by atomic mass is 9.98. The van der Waals surface area contributed by atoms with Crippen LogP contribution in [0.5, 0.6) is 0 Å². The molecule has 8 nitrogen and oxygen atoms in total. The maximum atomic E-state index is 13.8. The lowest BCUT2D eigenvalue weighted by molar-refractivity contribution is -0.120. The molecule has 9 heteroatoms. The van der Waals surface area contributed by atoms with E-state index in [0.29, 0.717) is 43.0 Å². The Morgan fingerprint density at radius 1 is 1.09 bits per heavy atom. The molecular weight excluding hydrogens is 454 g/mol. The number of ether oxygens (including phenoxy) is 1. The van der Waals surface area contributed by atoms with Gasteiger partial charge in [0.05, 0.1) is 12.5 Å². The molecule has 0 saturated carbocycles. The summed E-state index contributed by atoms with van der Waals surface area (Å²) < 4.78 is 35.9. The number of rotatable bonds is 7. The number of aromatic nitrogens is 1. The molecule has 1 fully saturated rings. The molecule has 0 spiro atoms. The third kappa shape index (κ3) is 4.90. The second-order valence-corrected chi connectivity index (χ2v) is 10.7. The van der Waals surface area contributed by atoms with E-state index in [4.69, 9.17) is 4.74 Å². The lowest BCUT2D eigenvalue weighted by Crippen LogP contribution is -2.44. The Balaban J connectivity index is 1.90. The van der Waals surface area contributed by atoms with Crippen LogP contribution in [-0.4, -0.2) is 48.9 Å². The van der Waals surface area contributed by atoms with Crippen molar-refractivity contribution >= 4 is 27.6 Å². The summed E-state index contributed by atoms with van der Waals surface area (Å²) in [6, 6.07) is 5.71. The van der Waals surface area contributed by atoms with E-state index in [1.165, 1.54) is 4.31 Å². The van der Waals surface area contributed by atoms with Gasteiger partial charge in [-0.25, -0.2) is 13.2 Å². The monoisotopic (exact) mass is 489 g/mol. The van der Waals surface area contributed by atoms with Crippen LogP contribution >= 0.6 is 0 Å². The standard InChI is InChI=1S/C25H35N3O5S/c1-7-28-18(5)22(25(30)33-8-2)23(19(28)6)34(31,32)27-13-9-10-20(15-27)24(29)26-21-12-11-16(3)17(4)14-21/h11-12,14,20H,7-10,13,15H2,1-6H3,(H,26,29)/t20-/m1/s1. The summed E-state index contributed by atoms with van der Waals surface area (Å²) in [7, 11) is -4.02. The minimum Gasteiger partial charge on any atom is -0.462 e. The Kier molecular flexibility index (Phi) is 7.88. The first-order valence-electron chi connectivity index (χ1n) is 11.8. The predicted octanol–water partition coefficient (Wildman–Crippen LogP) is 3.96.